The Balaban J connectivity index is 1.72. The number of imidazole rings is 1. The normalized spacial score (nSPS) is 15.4. The summed E-state index contributed by atoms with van der Waals surface area (Å²) >= 11 is 0. The van der Waals surface area contributed by atoms with Crippen LogP contribution in [-0.4, -0.2) is 40.5 Å². The van der Waals surface area contributed by atoms with Crippen molar-refractivity contribution in [2.45, 2.75) is 12.5 Å². The van der Waals surface area contributed by atoms with Crippen molar-refractivity contribution in [1.82, 2.24) is 14.9 Å². The molecule has 0 unspecified atom stereocenters. The summed E-state index contributed by atoms with van der Waals surface area (Å²) in [5.41, 5.74) is 1.63. The standard InChI is InChI=1S/C21H18F2N4O3/c1-30-20(28)12-5-2-3-8-15(12)26-21(29)27-10-9-16-18(25-11-24-16)19(27)13-6-4-7-14(22)17(13)23/h2-8,11,19H,9-10H2,1H3,(H,24,25)(H,26,29)/t19-/m1/s1. The van der Waals surface area contributed by atoms with Crippen molar-refractivity contribution in [2.75, 3.05) is 19.0 Å². The van der Waals surface area contributed by atoms with Gasteiger partial charge in [0.25, 0.3) is 0 Å². The monoisotopic (exact) mass is 412 g/mol. The highest BCUT2D eigenvalue weighted by molar-refractivity contribution is 6.01. The van der Waals surface area contributed by atoms with E-state index in [9.17, 15) is 18.4 Å². The molecule has 2 heterocycles. The van der Waals surface area contributed by atoms with Gasteiger partial charge < -0.3 is 19.9 Å². The molecular formula is C21H18F2N4O3. The number of aromatic amines is 1. The number of nitrogens with zero attached hydrogens (tertiary/aromatic N) is 2. The number of ether oxygens (including phenoxy) is 1. The fourth-order valence-electron chi connectivity index (χ4n) is 3.61. The maximum atomic E-state index is 14.6. The first-order valence-corrected chi connectivity index (χ1v) is 9.22. The number of nitrogens with one attached hydrogen (secondary N) is 2. The third kappa shape index (κ3) is 3.38. The molecule has 0 aliphatic carbocycles. The summed E-state index contributed by atoms with van der Waals surface area (Å²) in [5.74, 6) is -2.65. The van der Waals surface area contributed by atoms with Crippen molar-refractivity contribution >= 4 is 17.7 Å². The molecule has 0 saturated carbocycles. The van der Waals surface area contributed by atoms with Crippen LogP contribution >= 0.6 is 0 Å². The molecule has 30 heavy (non-hydrogen) atoms. The smallest absolute Gasteiger partial charge is 0.339 e. The summed E-state index contributed by atoms with van der Waals surface area (Å²) in [6, 6.07) is 8.71. The molecule has 9 heteroatoms. The Morgan fingerprint density at radius 3 is 2.80 bits per heavy atom. The van der Waals surface area contributed by atoms with Crippen molar-refractivity contribution in [3.05, 3.63) is 82.9 Å². The fraction of sp³-hybridized carbons (Fsp3) is 0.190. The molecule has 2 N–H and O–H groups in total. The lowest BCUT2D eigenvalue weighted by atomic mass is 9.95. The number of esters is 1. The van der Waals surface area contributed by atoms with E-state index in [0.717, 1.165) is 11.8 Å². The Morgan fingerprint density at radius 2 is 2.00 bits per heavy atom. The van der Waals surface area contributed by atoms with Crippen LogP contribution in [0.2, 0.25) is 0 Å². The summed E-state index contributed by atoms with van der Waals surface area (Å²) in [6.45, 7) is 0.238. The number of urea groups is 1. The Hall–Kier alpha value is -3.75. The zero-order chi connectivity index (χ0) is 21.3. The number of hydrogen-bond acceptors (Lipinski definition) is 4. The van der Waals surface area contributed by atoms with Gasteiger partial charge in [0.05, 0.1) is 30.4 Å². The molecule has 154 valence electrons. The van der Waals surface area contributed by atoms with E-state index in [1.54, 1.807) is 18.2 Å². The average Bonchev–Trinajstić information content (AvgIpc) is 3.24. The molecule has 0 spiro atoms. The molecular weight excluding hydrogens is 394 g/mol. The number of carbonyl (C=O) groups excluding carboxylic acids is 2. The van der Waals surface area contributed by atoms with Crippen molar-refractivity contribution < 1.29 is 23.1 Å². The van der Waals surface area contributed by atoms with Gasteiger partial charge in [0.1, 0.15) is 6.04 Å². The van der Waals surface area contributed by atoms with Gasteiger partial charge in [0.2, 0.25) is 0 Å². The average molecular weight is 412 g/mol. The van der Waals surface area contributed by atoms with Gasteiger partial charge in [0, 0.05) is 24.2 Å². The number of hydrogen-bond donors (Lipinski definition) is 2. The van der Waals surface area contributed by atoms with E-state index in [1.165, 1.54) is 36.5 Å². The summed E-state index contributed by atoms with van der Waals surface area (Å²) < 4.78 is 33.3. The number of rotatable bonds is 3. The fourth-order valence-corrected chi connectivity index (χ4v) is 3.61. The number of benzene rings is 2. The minimum atomic E-state index is -1.04. The predicted molar refractivity (Wildman–Crippen MR) is 104 cm³/mol. The highest BCUT2D eigenvalue weighted by Crippen LogP contribution is 2.35. The first kappa shape index (κ1) is 19.6. The molecule has 0 bridgehead atoms. The van der Waals surface area contributed by atoms with E-state index in [1.807, 2.05) is 0 Å². The Kier molecular flexibility index (Phi) is 5.18. The van der Waals surface area contributed by atoms with Crippen LogP contribution in [0.25, 0.3) is 0 Å². The highest BCUT2D eigenvalue weighted by atomic mass is 19.2. The lowest BCUT2D eigenvalue weighted by Crippen LogP contribution is -2.43. The number of anilines is 1. The van der Waals surface area contributed by atoms with E-state index in [2.05, 4.69) is 15.3 Å². The predicted octanol–water partition coefficient (Wildman–Crippen LogP) is 3.65. The van der Waals surface area contributed by atoms with E-state index in [0.29, 0.717) is 12.1 Å². The first-order chi connectivity index (χ1) is 14.5. The molecule has 1 aromatic heterocycles. The highest BCUT2D eigenvalue weighted by Gasteiger charge is 2.36. The Labute approximate surface area is 170 Å². The van der Waals surface area contributed by atoms with E-state index >= 15 is 0 Å². The maximum Gasteiger partial charge on any atom is 0.339 e. The molecule has 7 nitrogen and oxygen atoms in total. The van der Waals surface area contributed by atoms with Gasteiger partial charge in [-0.25, -0.2) is 23.4 Å². The molecule has 1 aliphatic heterocycles. The minimum absolute atomic E-state index is 0.000506. The topological polar surface area (TPSA) is 87.3 Å². The summed E-state index contributed by atoms with van der Waals surface area (Å²) in [6.07, 6.45) is 1.93. The van der Waals surface area contributed by atoms with Crippen molar-refractivity contribution in [3.8, 4) is 0 Å². The number of amides is 2. The lowest BCUT2D eigenvalue weighted by molar-refractivity contribution is 0.0602. The van der Waals surface area contributed by atoms with Gasteiger partial charge in [-0.15, -0.1) is 0 Å². The summed E-state index contributed by atoms with van der Waals surface area (Å²) in [5, 5.41) is 2.68. The second-order valence-electron chi connectivity index (χ2n) is 6.72. The van der Waals surface area contributed by atoms with Gasteiger partial charge in [-0.3, -0.25) is 0 Å². The number of methoxy groups -OCH3 is 1. The van der Waals surface area contributed by atoms with Gasteiger partial charge in [0.15, 0.2) is 11.6 Å². The molecule has 4 rings (SSSR count). The van der Waals surface area contributed by atoms with Crippen molar-refractivity contribution in [2.24, 2.45) is 0 Å². The molecule has 0 radical (unpaired) electrons. The van der Waals surface area contributed by atoms with Crippen LogP contribution in [0.4, 0.5) is 19.3 Å². The number of fused-ring (bicyclic) bond motifs is 1. The summed E-state index contributed by atoms with van der Waals surface area (Å²) in [7, 11) is 1.24. The number of aromatic nitrogens is 2. The maximum absolute atomic E-state index is 14.6. The number of carbonyl (C=O) groups is 2. The number of H-pyrrole nitrogens is 1. The van der Waals surface area contributed by atoms with Gasteiger partial charge in [-0.2, -0.15) is 0 Å². The van der Waals surface area contributed by atoms with Crippen LogP contribution in [-0.2, 0) is 11.2 Å². The summed E-state index contributed by atoms with van der Waals surface area (Å²) in [4.78, 5) is 33.7. The zero-order valence-electron chi connectivity index (χ0n) is 16.0. The third-order valence-corrected chi connectivity index (χ3v) is 5.04. The molecule has 1 aliphatic rings. The molecule has 3 aromatic rings. The SMILES string of the molecule is COC(=O)c1ccccc1NC(=O)N1CCc2[nH]cnc2[C@H]1c1cccc(F)c1F. The van der Waals surface area contributed by atoms with E-state index < -0.39 is 29.7 Å². The van der Waals surface area contributed by atoms with E-state index in [-0.39, 0.29) is 23.4 Å². The zero-order valence-corrected chi connectivity index (χ0v) is 16.0. The molecule has 1 atom stereocenters. The quantitative estimate of drug-likeness (QED) is 0.643. The van der Waals surface area contributed by atoms with Crippen LogP contribution in [0.15, 0.2) is 48.8 Å². The van der Waals surface area contributed by atoms with Crippen molar-refractivity contribution in [3.63, 3.8) is 0 Å². The van der Waals surface area contributed by atoms with Gasteiger partial charge in [-0.1, -0.05) is 24.3 Å². The number of halogens is 2. The molecule has 0 fully saturated rings. The molecule has 2 aromatic carbocycles. The van der Waals surface area contributed by atoms with Crippen LogP contribution in [0.3, 0.4) is 0 Å². The van der Waals surface area contributed by atoms with Gasteiger partial charge >= 0.3 is 12.0 Å². The molecule has 0 saturated heterocycles. The third-order valence-electron chi connectivity index (χ3n) is 5.04. The van der Waals surface area contributed by atoms with Crippen LogP contribution in [0.1, 0.15) is 33.4 Å². The van der Waals surface area contributed by atoms with Crippen LogP contribution in [0.5, 0.6) is 0 Å². The van der Waals surface area contributed by atoms with Gasteiger partial charge in [-0.05, 0) is 18.2 Å². The minimum Gasteiger partial charge on any atom is -0.465 e. The Bertz CT molecular complexity index is 1120. The second kappa shape index (κ2) is 7.94. The Morgan fingerprint density at radius 1 is 1.20 bits per heavy atom. The lowest BCUT2D eigenvalue weighted by Gasteiger charge is -2.35. The van der Waals surface area contributed by atoms with Crippen molar-refractivity contribution in [1.29, 1.82) is 0 Å². The van der Waals surface area contributed by atoms with Crippen LogP contribution in [0, 0.1) is 11.6 Å². The number of para-hydroxylation sites is 1. The molecule has 2 amide bonds. The van der Waals surface area contributed by atoms with Crippen LogP contribution < -0.4 is 5.32 Å². The largest absolute Gasteiger partial charge is 0.465 e. The second-order valence-corrected chi connectivity index (χ2v) is 6.72. The van der Waals surface area contributed by atoms with E-state index in [4.69, 9.17) is 4.74 Å². The first-order valence-electron chi connectivity index (χ1n) is 9.22.